The van der Waals surface area contributed by atoms with Crippen LogP contribution in [0.25, 0.3) is 0 Å². The second-order valence-corrected chi connectivity index (χ2v) is 4.96. The fraction of sp³-hybridized carbons (Fsp3) is 0.385. The fourth-order valence-corrected chi connectivity index (χ4v) is 1.79. The summed E-state index contributed by atoms with van der Waals surface area (Å²) < 4.78 is 18.0. The second-order valence-electron chi connectivity index (χ2n) is 4.55. The van der Waals surface area contributed by atoms with E-state index < -0.39 is 0 Å². The molecule has 1 heterocycles. The minimum Gasteiger partial charge on any atom is -0.338 e. The van der Waals surface area contributed by atoms with Gasteiger partial charge < -0.3 is 9.84 Å². The standard InChI is InChI=1S/C13H15ClFN3O/c1-8(2)16-7-13-17-12(18-19-13)5-9-3-4-10(15)6-11(9)14/h3-4,6,8,16H,5,7H2,1-2H3. The second kappa shape index (κ2) is 6.12. The molecule has 0 saturated carbocycles. The van der Waals surface area contributed by atoms with Crippen LogP contribution < -0.4 is 5.32 Å². The third-order valence-corrected chi connectivity index (χ3v) is 2.89. The molecular formula is C13H15ClFN3O. The van der Waals surface area contributed by atoms with Gasteiger partial charge in [-0.2, -0.15) is 4.98 Å². The van der Waals surface area contributed by atoms with Crippen molar-refractivity contribution in [3.8, 4) is 0 Å². The van der Waals surface area contributed by atoms with Crippen molar-refractivity contribution in [2.75, 3.05) is 0 Å². The van der Waals surface area contributed by atoms with Crippen LogP contribution >= 0.6 is 11.6 Å². The molecule has 0 fully saturated rings. The molecule has 2 aromatic rings. The molecule has 2 rings (SSSR count). The van der Waals surface area contributed by atoms with Gasteiger partial charge in [0.2, 0.25) is 5.89 Å². The van der Waals surface area contributed by atoms with Crippen molar-refractivity contribution >= 4 is 11.6 Å². The Morgan fingerprint density at radius 1 is 1.42 bits per heavy atom. The smallest absolute Gasteiger partial charge is 0.240 e. The van der Waals surface area contributed by atoms with Crippen molar-refractivity contribution in [1.82, 2.24) is 15.5 Å². The normalized spacial score (nSPS) is 11.2. The Labute approximate surface area is 116 Å². The van der Waals surface area contributed by atoms with E-state index in [1.807, 2.05) is 13.8 Å². The first kappa shape index (κ1) is 14.0. The van der Waals surface area contributed by atoms with Crippen LogP contribution in [0.2, 0.25) is 5.02 Å². The summed E-state index contributed by atoms with van der Waals surface area (Å²) in [6.45, 7) is 4.60. The van der Waals surface area contributed by atoms with Gasteiger partial charge in [-0.05, 0) is 17.7 Å². The number of nitrogens with zero attached hydrogens (tertiary/aromatic N) is 2. The van der Waals surface area contributed by atoms with E-state index in [1.54, 1.807) is 6.07 Å². The van der Waals surface area contributed by atoms with Crippen LogP contribution in [0.4, 0.5) is 4.39 Å². The highest BCUT2D eigenvalue weighted by molar-refractivity contribution is 6.31. The molecule has 1 aromatic carbocycles. The van der Waals surface area contributed by atoms with Gasteiger partial charge in [0.05, 0.1) is 6.54 Å². The molecule has 0 radical (unpaired) electrons. The van der Waals surface area contributed by atoms with Gasteiger partial charge in [-0.3, -0.25) is 0 Å². The maximum atomic E-state index is 12.9. The average molecular weight is 284 g/mol. The molecule has 0 spiro atoms. The first-order valence-corrected chi connectivity index (χ1v) is 6.41. The summed E-state index contributed by atoms with van der Waals surface area (Å²) in [6.07, 6.45) is 0.421. The molecule has 1 aromatic heterocycles. The summed E-state index contributed by atoms with van der Waals surface area (Å²) in [4.78, 5) is 4.25. The minimum atomic E-state index is -0.358. The molecule has 1 N–H and O–H groups in total. The van der Waals surface area contributed by atoms with Crippen molar-refractivity contribution in [3.63, 3.8) is 0 Å². The van der Waals surface area contributed by atoms with Crippen molar-refractivity contribution in [3.05, 3.63) is 46.3 Å². The SMILES string of the molecule is CC(C)NCc1nc(Cc2ccc(F)cc2Cl)no1. The number of nitrogens with one attached hydrogen (secondary N) is 1. The molecule has 0 bridgehead atoms. The first-order chi connectivity index (χ1) is 9.04. The van der Waals surface area contributed by atoms with E-state index in [1.165, 1.54) is 12.1 Å². The topological polar surface area (TPSA) is 51.0 Å². The van der Waals surface area contributed by atoms with E-state index in [4.69, 9.17) is 16.1 Å². The number of benzene rings is 1. The molecule has 0 atom stereocenters. The van der Waals surface area contributed by atoms with Gasteiger partial charge in [-0.15, -0.1) is 0 Å². The molecule has 0 aliphatic rings. The van der Waals surface area contributed by atoms with Gasteiger partial charge in [0, 0.05) is 17.5 Å². The van der Waals surface area contributed by atoms with Gasteiger partial charge in [0.25, 0.3) is 0 Å². The Balaban J connectivity index is 2.03. The molecule has 0 unspecified atom stereocenters. The Hall–Kier alpha value is -1.46. The highest BCUT2D eigenvalue weighted by Crippen LogP contribution is 2.19. The average Bonchev–Trinajstić information content (AvgIpc) is 2.78. The lowest BCUT2D eigenvalue weighted by Gasteiger charge is -2.03. The zero-order chi connectivity index (χ0) is 13.8. The van der Waals surface area contributed by atoms with E-state index in [0.717, 1.165) is 5.56 Å². The summed E-state index contributed by atoms with van der Waals surface area (Å²) in [5.41, 5.74) is 0.771. The van der Waals surface area contributed by atoms with E-state index in [-0.39, 0.29) is 5.82 Å². The number of hydrogen-bond acceptors (Lipinski definition) is 4. The summed E-state index contributed by atoms with van der Waals surface area (Å²) in [5.74, 6) is 0.708. The van der Waals surface area contributed by atoms with Crippen LogP contribution in [0.5, 0.6) is 0 Å². The Bertz CT molecular complexity index is 557. The summed E-state index contributed by atoms with van der Waals surface area (Å²) in [7, 11) is 0. The first-order valence-electron chi connectivity index (χ1n) is 6.03. The number of hydrogen-bond donors (Lipinski definition) is 1. The lowest BCUT2D eigenvalue weighted by molar-refractivity contribution is 0.358. The zero-order valence-corrected chi connectivity index (χ0v) is 11.5. The summed E-state index contributed by atoms with van der Waals surface area (Å²) in [5, 5.41) is 7.43. The third kappa shape index (κ3) is 4.01. The largest absolute Gasteiger partial charge is 0.338 e. The quantitative estimate of drug-likeness (QED) is 0.917. The van der Waals surface area contributed by atoms with Crippen molar-refractivity contribution < 1.29 is 8.91 Å². The molecule has 6 heteroatoms. The Morgan fingerprint density at radius 3 is 2.89 bits per heavy atom. The number of halogens is 2. The van der Waals surface area contributed by atoms with Crippen LogP contribution in [0, 0.1) is 5.82 Å². The van der Waals surface area contributed by atoms with E-state index in [0.29, 0.717) is 35.7 Å². The molecule has 102 valence electrons. The van der Waals surface area contributed by atoms with E-state index in [9.17, 15) is 4.39 Å². The molecule has 0 aliphatic carbocycles. The molecule has 0 amide bonds. The molecule has 0 saturated heterocycles. The molecule has 4 nitrogen and oxygen atoms in total. The number of rotatable bonds is 5. The van der Waals surface area contributed by atoms with Gasteiger partial charge in [-0.25, -0.2) is 4.39 Å². The van der Waals surface area contributed by atoms with Gasteiger partial charge in [-0.1, -0.05) is 36.7 Å². The van der Waals surface area contributed by atoms with Crippen LogP contribution in [0.15, 0.2) is 22.7 Å². The van der Waals surface area contributed by atoms with Crippen LogP contribution in [0.1, 0.15) is 31.1 Å². The maximum absolute atomic E-state index is 12.9. The number of aromatic nitrogens is 2. The molecular weight excluding hydrogens is 269 g/mol. The predicted octanol–water partition coefficient (Wildman–Crippen LogP) is 2.95. The fourth-order valence-electron chi connectivity index (χ4n) is 1.56. The van der Waals surface area contributed by atoms with Crippen molar-refractivity contribution in [2.45, 2.75) is 32.9 Å². The maximum Gasteiger partial charge on any atom is 0.240 e. The Morgan fingerprint density at radius 2 is 2.21 bits per heavy atom. The minimum absolute atomic E-state index is 0.349. The van der Waals surface area contributed by atoms with Gasteiger partial charge >= 0.3 is 0 Å². The molecule has 0 aliphatic heterocycles. The van der Waals surface area contributed by atoms with Gasteiger partial charge in [0.1, 0.15) is 5.82 Å². The van der Waals surface area contributed by atoms with Crippen LogP contribution in [-0.2, 0) is 13.0 Å². The lowest BCUT2D eigenvalue weighted by Crippen LogP contribution is -2.21. The Kier molecular flexibility index (Phi) is 4.50. The van der Waals surface area contributed by atoms with Gasteiger partial charge in [0.15, 0.2) is 5.82 Å². The van der Waals surface area contributed by atoms with E-state index >= 15 is 0 Å². The summed E-state index contributed by atoms with van der Waals surface area (Å²) in [6, 6.07) is 4.61. The predicted molar refractivity (Wildman–Crippen MR) is 70.5 cm³/mol. The van der Waals surface area contributed by atoms with Crippen LogP contribution in [0.3, 0.4) is 0 Å². The van der Waals surface area contributed by atoms with Crippen molar-refractivity contribution in [1.29, 1.82) is 0 Å². The highest BCUT2D eigenvalue weighted by Gasteiger charge is 2.10. The lowest BCUT2D eigenvalue weighted by atomic mass is 10.1. The van der Waals surface area contributed by atoms with Crippen molar-refractivity contribution in [2.24, 2.45) is 0 Å². The zero-order valence-electron chi connectivity index (χ0n) is 10.8. The molecule has 19 heavy (non-hydrogen) atoms. The monoisotopic (exact) mass is 283 g/mol. The van der Waals surface area contributed by atoms with E-state index in [2.05, 4.69) is 15.5 Å². The third-order valence-electron chi connectivity index (χ3n) is 2.54. The summed E-state index contributed by atoms with van der Waals surface area (Å²) >= 11 is 5.95. The highest BCUT2D eigenvalue weighted by atomic mass is 35.5. The van der Waals surface area contributed by atoms with Crippen LogP contribution in [-0.4, -0.2) is 16.2 Å².